The fourth-order valence-corrected chi connectivity index (χ4v) is 4.68. The highest BCUT2D eigenvalue weighted by atomic mass is 32.2. The fourth-order valence-electron chi connectivity index (χ4n) is 3.15. The molecule has 202 valence electrons. The number of aromatic nitrogens is 2. The summed E-state index contributed by atoms with van der Waals surface area (Å²) in [5.74, 6) is -3.72. The zero-order chi connectivity index (χ0) is 27.9. The van der Waals surface area contributed by atoms with Crippen LogP contribution in [0, 0.1) is 0 Å². The van der Waals surface area contributed by atoms with E-state index in [9.17, 15) is 31.1 Å². The SMILES string of the molecule is O=C(O)C(F)(F)F.O=C(O)C(F)(F)F.O=C(c1ccccn1)N1CC2(CC(Oc3cccnc3)CS2)C1. The van der Waals surface area contributed by atoms with E-state index in [-0.39, 0.29) is 16.8 Å². The summed E-state index contributed by atoms with van der Waals surface area (Å²) in [6.45, 7) is 1.56. The number of thioether (sulfide) groups is 1. The van der Waals surface area contributed by atoms with Gasteiger partial charge in [0.25, 0.3) is 5.91 Å². The molecule has 2 N–H and O–H groups in total. The Bertz CT molecular complexity index is 1040. The Labute approximate surface area is 209 Å². The molecule has 37 heavy (non-hydrogen) atoms. The summed E-state index contributed by atoms with van der Waals surface area (Å²) < 4.78 is 69.6. The lowest BCUT2D eigenvalue weighted by atomic mass is 9.92. The van der Waals surface area contributed by atoms with Gasteiger partial charge in [0.15, 0.2) is 0 Å². The van der Waals surface area contributed by atoms with Crippen LogP contribution in [0.2, 0.25) is 0 Å². The monoisotopic (exact) mass is 555 g/mol. The Morgan fingerprint density at radius 2 is 1.57 bits per heavy atom. The molecule has 0 aliphatic carbocycles. The molecule has 2 aliphatic heterocycles. The Morgan fingerprint density at radius 3 is 2.03 bits per heavy atom. The van der Waals surface area contributed by atoms with E-state index in [0.29, 0.717) is 5.69 Å². The van der Waals surface area contributed by atoms with Gasteiger partial charge < -0.3 is 19.8 Å². The predicted octanol–water partition coefficient (Wildman–Crippen LogP) is 3.52. The number of alkyl halides is 6. The molecule has 1 spiro atoms. The van der Waals surface area contributed by atoms with E-state index in [1.165, 1.54) is 0 Å². The number of ether oxygens (including phenoxy) is 1. The molecule has 16 heteroatoms. The number of likely N-dealkylation sites (tertiary alicyclic amines) is 1. The van der Waals surface area contributed by atoms with E-state index in [4.69, 9.17) is 24.5 Å². The van der Waals surface area contributed by atoms with Crippen molar-refractivity contribution in [2.45, 2.75) is 29.6 Å². The van der Waals surface area contributed by atoms with Gasteiger partial charge >= 0.3 is 24.3 Å². The van der Waals surface area contributed by atoms with Crippen LogP contribution >= 0.6 is 11.8 Å². The summed E-state index contributed by atoms with van der Waals surface area (Å²) in [6, 6.07) is 9.24. The molecule has 2 fully saturated rings. The van der Waals surface area contributed by atoms with Crippen LogP contribution in [0.1, 0.15) is 16.9 Å². The Balaban J connectivity index is 0.000000286. The first-order valence-electron chi connectivity index (χ1n) is 10.1. The number of hydrogen-bond donors (Lipinski definition) is 2. The van der Waals surface area contributed by atoms with Gasteiger partial charge in [-0.25, -0.2) is 9.59 Å². The maximum absolute atomic E-state index is 12.4. The van der Waals surface area contributed by atoms with E-state index >= 15 is 0 Å². The molecule has 0 aromatic carbocycles. The van der Waals surface area contributed by atoms with Crippen LogP contribution in [0.25, 0.3) is 0 Å². The number of amides is 1. The van der Waals surface area contributed by atoms with Gasteiger partial charge in [0, 0.05) is 37.7 Å². The molecule has 2 aromatic heterocycles. The van der Waals surface area contributed by atoms with Crippen molar-refractivity contribution in [3.05, 3.63) is 54.6 Å². The Kier molecular flexibility index (Phi) is 9.72. The molecular formula is C21H19F6N3O6S. The van der Waals surface area contributed by atoms with Crippen LogP contribution < -0.4 is 4.74 Å². The van der Waals surface area contributed by atoms with Crippen LogP contribution in [0.5, 0.6) is 5.75 Å². The van der Waals surface area contributed by atoms with Gasteiger partial charge in [-0.2, -0.15) is 26.3 Å². The predicted molar refractivity (Wildman–Crippen MR) is 116 cm³/mol. The van der Waals surface area contributed by atoms with Crippen LogP contribution in [0.4, 0.5) is 26.3 Å². The molecule has 2 aliphatic rings. The lowest BCUT2D eigenvalue weighted by Gasteiger charge is -2.47. The number of carbonyl (C=O) groups is 3. The number of hydrogen-bond acceptors (Lipinski definition) is 7. The van der Waals surface area contributed by atoms with Gasteiger partial charge in [-0.05, 0) is 24.3 Å². The average molecular weight is 555 g/mol. The van der Waals surface area contributed by atoms with Crippen molar-refractivity contribution < 1.29 is 55.7 Å². The number of rotatable bonds is 3. The molecule has 4 rings (SSSR count). The minimum Gasteiger partial charge on any atom is -0.488 e. The van der Waals surface area contributed by atoms with E-state index in [1.54, 1.807) is 24.7 Å². The van der Waals surface area contributed by atoms with Crippen LogP contribution in [0.15, 0.2) is 48.9 Å². The normalized spacial score (nSPS) is 17.9. The van der Waals surface area contributed by atoms with Crippen molar-refractivity contribution in [2.75, 3.05) is 18.8 Å². The van der Waals surface area contributed by atoms with Crippen molar-refractivity contribution in [3.8, 4) is 5.75 Å². The number of nitrogens with zero attached hydrogens (tertiary/aromatic N) is 3. The summed E-state index contributed by atoms with van der Waals surface area (Å²) in [5, 5.41) is 14.2. The van der Waals surface area contributed by atoms with Crippen molar-refractivity contribution in [1.29, 1.82) is 0 Å². The second-order valence-corrected chi connectivity index (χ2v) is 9.10. The quantitative estimate of drug-likeness (QED) is 0.547. The molecule has 0 saturated carbocycles. The van der Waals surface area contributed by atoms with E-state index in [1.807, 2.05) is 40.9 Å². The summed E-state index contributed by atoms with van der Waals surface area (Å²) >= 11 is 1.92. The molecule has 1 atom stereocenters. The fraction of sp³-hybridized carbons (Fsp3) is 0.381. The zero-order valence-electron chi connectivity index (χ0n) is 18.6. The molecule has 2 aromatic rings. The highest BCUT2D eigenvalue weighted by Crippen LogP contribution is 2.46. The lowest BCUT2D eigenvalue weighted by molar-refractivity contribution is -0.193. The van der Waals surface area contributed by atoms with Crippen LogP contribution in [-0.2, 0) is 9.59 Å². The molecule has 0 bridgehead atoms. The van der Waals surface area contributed by atoms with Gasteiger partial charge in [-0.1, -0.05) is 6.07 Å². The topological polar surface area (TPSA) is 130 Å². The van der Waals surface area contributed by atoms with E-state index in [2.05, 4.69) is 9.97 Å². The zero-order valence-corrected chi connectivity index (χ0v) is 19.4. The molecule has 1 amide bonds. The first kappa shape index (κ1) is 29.7. The summed E-state index contributed by atoms with van der Waals surface area (Å²) in [6.07, 6.45) is -3.86. The van der Waals surface area contributed by atoms with Gasteiger partial charge in [-0.3, -0.25) is 14.8 Å². The molecule has 4 heterocycles. The van der Waals surface area contributed by atoms with Crippen molar-refractivity contribution in [2.24, 2.45) is 0 Å². The number of carboxylic acids is 2. The van der Waals surface area contributed by atoms with Crippen molar-refractivity contribution >= 4 is 29.6 Å². The average Bonchev–Trinajstić information content (AvgIpc) is 3.23. The summed E-state index contributed by atoms with van der Waals surface area (Å²) in [5.41, 5.74) is 0.522. The summed E-state index contributed by atoms with van der Waals surface area (Å²) in [4.78, 5) is 40.2. The minimum atomic E-state index is -5.08. The smallest absolute Gasteiger partial charge is 0.488 e. The van der Waals surface area contributed by atoms with Crippen LogP contribution in [0.3, 0.4) is 0 Å². The Hall–Kier alpha value is -3.56. The number of carboxylic acid groups (broad SMARTS) is 2. The molecule has 9 nitrogen and oxygen atoms in total. The van der Waals surface area contributed by atoms with Crippen molar-refractivity contribution in [3.63, 3.8) is 0 Å². The molecule has 1 unspecified atom stereocenters. The third-order valence-corrected chi connectivity index (χ3v) is 6.30. The Morgan fingerprint density at radius 1 is 0.973 bits per heavy atom. The summed E-state index contributed by atoms with van der Waals surface area (Å²) in [7, 11) is 0. The first-order chi connectivity index (χ1) is 17.1. The number of aliphatic carboxylic acids is 2. The molecule has 2 saturated heterocycles. The standard InChI is InChI=1S/C17H17N3O2S.2C2HF3O2/c21-16(15-5-1-2-7-19-15)20-11-17(12-20)8-14(10-23-17)22-13-4-3-6-18-9-13;2*3-2(4,5)1(6)7/h1-7,9,14H,8,10-12H2;2*(H,6,7). The van der Waals surface area contributed by atoms with E-state index in [0.717, 1.165) is 31.0 Å². The maximum Gasteiger partial charge on any atom is 0.490 e. The second-order valence-electron chi connectivity index (χ2n) is 7.61. The molecular weight excluding hydrogens is 536 g/mol. The lowest BCUT2D eigenvalue weighted by Crippen LogP contribution is -2.60. The second kappa shape index (κ2) is 12.1. The highest BCUT2D eigenvalue weighted by molar-refractivity contribution is 8.01. The van der Waals surface area contributed by atoms with Crippen LogP contribution in [-0.4, -0.2) is 85.0 Å². The van der Waals surface area contributed by atoms with Gasteiger partial charge in [-0.15, -0.1) is 11.8 Å². The number of carbonyl (C=O) groups excluding carboxylic acids is 1. The van der Waals surface area contributed by atoms with E-state index < -0.39 is 24.3 Å². The van der Waals surface area contributed by atoms with Gasteiger partial charge in [0.05, 0.1) is 10.9 Å². The third-order valence-electron chi connectivity index (χ3n) is 4.73. The van der Waals surface area contributed by atoms with Crippen molar-refractivity contribution in [1.82, 2.24) is 14.9 Å². The largest absolute Gasteiger partial charge is 0.490 e. The minimum absolute atomic E-state index is 0.0217. The maximum atomic E-state index is 12.4. The molecule has 0 radical (unpaired) electrons. The number of pyridine rings is 2. The third kappa shape index (κ3) is 9.11. The number of halogens is 6. The highest BCUT2D eigenvalue weighted by Gasteiger charge is 2.51. The van der Waals surface area contributed by atoms with Gasteiger partial charge in [0.2, 0.25) is 0 Å². The first-order valence-corrected chi connectivity index (χ1v) is 11.1. The van der Waals surface area contributed by atoms with Gasteiger partial charge in [0.1, 0.15) is 17.5 Å².